The molecule has 0 bridgehead atoms. The van der Waals surface area contributed by atoms with Crippen LogP contribution in [0.3, 0.4) is 0 Å². The van der Waals surface area contributed by atoms with Crippen LogP contribution in [-0.2, 0) is 20.4 Å². The topological polar surface area (TPSA) is 71.5 Å². The smallest absolute Gasteiger partial charge is 0.192 e. The Bertz CT molecular complexity index is 1320. The first-order valence-corrected chi connectivity index (χ1v) is 17.5. The van der Waals surface area contributed by atoms with E-state index in [4.69, 9.17) is 18.4 Å². The van der Waals surface area contributed by atoms with Gasteiger partial charge in [-0.2, -0.15) is 0 Å². The Morgan fingerprint density at radius 2 is 1.93 bits per heavy atom. The second-order valence-electron chi connectivity index (χ2n) is 12.7. The fraction of sp³-hybridized carbons (Fsp3) is 0.562. The highest BCUT2D eigenvalue weighted by atomic mass is 28.4. The maximum Gasteiger partial charge on any atom is 0.192 e. The van der Waals surface area contributed by atoms with Crippen LogP contribution in [0.15, 0.2) is 47.2 Å². The molecule has 1 saturated heterocycles. The minimum atomic E-state index is -1.70. The van der Waals surface area contributed by atoms with Crippen molar-refractivity contribution in [1.82, 2.24) is 14.7 Å². The van der Waals surface area contributed by atoms with Crippen molar-refractivity contribution < 1.29 is 18.4 Å². The van der Waals surface area contributed by atoms with Crippen molar-refractivity contribution in [3.05, 3.63) is 59.8 Å². The van der Waals surface area contributed by atoms with Crippen LogP contribution in [-0.4, -0.2) is 42.0 Å². The maximum atomic E-state index is 6.51. The molecule has 0 N–H and O–H groups in total. The van der Waals surface area contributed by atoms with Gasteiger partial charge in [0.2, 0.25) is 0 Å². The van der Waals surface area contributed by atoms with Crippen LogP contribution < -0.4 is 0 Å². The predicted molar refractivity (Wildman–Crippen MR) is 158 cm³/mol. The number of imidazole rings is 1. The molecule has 214 valence electrons. The van der Waals surface area contributed by atoms with Crippen molar-refractivity contribution in [2.24, 2.45) is 5.92 Å². The van der Waals surface area contributed by atoms with Crippen molar-refractivity contribution in [2.75, 3.05) is 6.61 Å². The summed E-state index contributed by atoms with van der Waals surface area (Å²) in [7, 11) is -1.70. The molecule has 0 spiro atoms. The van der Waals surface area contributed by atoms with E-state index in [9.17, 15) is 0 Å². The second-order valence-corrected chi connectivity index (χ2v) is 17.4. The van der Waals surface area contributed by atoms with Gasteiger partial charge in [0.25, 0.3) is 0 Å². The predicted octanol–water partition coefficient (Wildman–Crippen LogP) is 7.34. The molecule has 1 aliphatic carbocycles. The van der Waals surface area contributed by atoms with Gasteiger partial charge in [-0.25, -0.2) is 4.98 Å². The summed E-state index contributed by atoms with van der Waals surface area (Å²) in [5, 5.41) is 4.55. The number of nitrogens with zero attached hydrogens (tertiary/aromatic N) is 3. The summed E-state index contributed by atoms with van der Waals surface area (Å²) < 4.78 is 26.1. The van der Waals surface area contributed by atoms with Gasteiger partial charge in [-0.15, -0.1) is 0 Å². The lowest BCUT2D eigenvalue weighted by molar-refractivity contribution is -0.188. The van der Waals surface area contributed by atoms with Gasteiger partial charge in [-0.05, 0) is 81.4 Å². The zero-order chi connectivity index (χ0) is 28.3. The minimum Gasteiger partial charge on any atom is -0.414 e. The first-order valence-electron chi connectivity index (χ1n) is 14.6. The molecular weight excluding hydrogens is 518 g/mol. The lowest BCUT2D eigenvalue weighted by atomic mass is 9.83. The summed E-state index contributed by atoms with van der Waals surface area (Å²) in [5.74, 6) is 8.80. The van der Waals surface area contributed by atoms with Gasteiger partial charge in [-0.3, -0.25) is 0 Å². The molecule has 2 atom stereocenters. The third-order valence-electron chi connectivity index (χ3n) is 8.45. The van der Waals surface area contributed by atoms with Gasteiger partial charge < -0.3 is 23.0 Å². The third kappa shape index (κ3) is 6.95. The monoisotopic (exact) mass is 561 g/mol. The normalized spacial score (nSPS) is 22.3. The lowest BCUT2D eigenvalue weighted by Gasteiger charge is -2.43. The van der Waals surface area contributed by atoms with E-state index in [1.807, 2.05) is 43.5 Å². The zero-order valence-corrected chi connectivity index (χ0v) is 25.8. The highest BCUT2D eigenvalue weighted by Crippen LogP contribution is 2.41. The Morgan fingerprint density at radius 3 is 2.62 bits per heavy atom. The first-order chi connectivity index (χ1) is 19.1. The summed E-state index contributed by atoms with van der Waals surface area (Å²) in [4.78, 5) is 4.53. The third-order valence-corrected chi connectivity index (χ3v) is 13.0. The van der Waals surface area contributed by atoms with Crippen molar-refractivity contribution >= 4 is 8.32 Å². The largest absolute Gasteiger partial charge is 0.414 e. The van der Waals surface area contributed by atoms with Gasteiger partial charge in [0.05, 0.1) is 6.54 Å². The Labute approximate surface area is 239 Å². The molecule has 40 heavy (non-hydrogen) atoms. The first kappa shape index (κ1) is 28.8. The Balaban J connectivity index is 1.14. The summed E-state index contributed by atoms with van der Waals surface area (Å²) in [6, 6.07) is 10.2. The van der Waals surface area contributed by atoms with E-state index in [-0.39, 0.29) is 17.4 Å². The number of hydrogen-bond acceptors (Lipinski definition) is 6. The minimum absolute atomic E-state index is 0.160. The molecule has 1 aromatic carbocycles. The molecule has 7 nitrogen and oxygen atoms in total. The van der Waals surface area contributed by atoms with Gasteiger partial charge in [0.1, 0.15) is 17.6 Å². The fourth-order valence-corrected chi connectivity index (χ4v) is 6.27. The van der Waals surface area contributed by atoms with Crippen molar-refractivity contribution in [3.8, 4) is 23.2 Å². The number of benzene rings is 1. The zero-order valence-electron chi connectivity index (χ0n) is 24.8. The highest BCUT2D eigenvalue weighted by Gasteiger charge is 2.42. The number of ether oxygens (including phenoxy) is 2. The van der Waals surface area contributed by atoms with E-state index in [1.165, 1.54) is 0 Å². The molecule has 5 rings (SSSR count). The summed E-state index contributed by atoms with van der Waals surface area (Å²) in [6.45, 7) is 14.9. The van der Waals surface area contributed by atoms with Crippen LogP contribution in [0.25, 0.3) is 11.3 Å². The van der Waals surface area contributed by atoms with Crippen molar-refractivity contribution in [3.63, 3.8) is 0 Å². The molecule has 3 heterocycles. The molecule has 3 aromatic rings. The summed E-state index contributed by atoms with van der Waals surface area (Å²) in [5.41, 5.74) is 2.82. The van der Waals surface area contributed by atoms with E-state index in [1.54, 1.807) is 6.20 Å². The maximum absolute atomic E-state index is 6.51. The molecule has 1 saturated carbocycles. The standard InChI is InChI=1S/C32H43N3O4Si/c1-23(37-30-9-7-8-18-36-30)31-33-16-17-35(31)22-27-21-29(38-34-27)26-14-12-24(13-15-26)10-11-25-19-28(20-25)39-40(5,6)32(2,3)4/h12-17,21,23,25,28,30H,7-9,18-20,22H2,1-6H3/t23-,25-,28+,30?/m0/s1. The van der Waals surface area contributed by atoms with Gasteiger partial charge >= 0.3 is 0 Å². The number of aromatic nitrogens is 3. The molecule has 2 aliphatic rings. The van der Waals surface area contributed by atoms with Crippen LogP contribution in [0.2, 0.25) is 18.1 Å². The summed E-state index contributed by atoms with van der Waals surface area (Å²) in [6.07, 6.45) is 9.01. The molecule has 2 fully saturated rings. The molecular formula is C32H43N3O4Si. The Kier molecular flexibility index (Phi) is 8.67. The molecule has 1 aliphatic heterocycles. The molecule has 2 aromatic heterocycles. The van der Waals surface area contributed by atoms with E-state index in [2.05, 4.69) is 60.4 Å². The quantitative estimate of drug-likeness (QED) is 0.212. The van der Waals surface area contributed by atoms with Crippen LogP contribution in [0.1, 0.15) is 83.0 Å². The van der Waals surface area contributed by atoms with Crippen molar-refractivity contribution in [2.45, 2.75) is 103 Å². The van der Waals surface area contributed by atoms with Crippen LogP contribution in [0.4, 0.5) is 0 Å². The highest BCUT2D eigenvalue weighted by molar-refractivity contribution is 6.74. The lowest BCUT2D eigenvalue weighted by Crippen LogP contribution is -2.47. The van der Waals surface area contributed by atoms with Crippen LogP contribution in [0, 0.1) is 17.8 Å². The van der Waals surface area contributed by atoms with E-state index in [0.717, 1.165) is 67.1 Å². The van der Waals surface area contributed by atoms with Gasteiger partial charge in [0, 0.05) is 48.2 Å². The van der Waals surface area contributed by atoms with E-state index in [0.29, 0.717) is 18.6 Å². The average Bonchev–Trinajstić information content (AvgIpc) is 3.56. The van der Waals surface area contributed by atoms with E-state index < -0.39 is 8.32 Å². The molecule has 1 unspecified atom stereocenters. The Morgan fingerprint density at radius 1 is 1.15 bits per heavy atom. The van der Waals surface area contributed by atoms with Crippen molar-refractivity contribution in [1.29, 1.82) is 0 Å². The number of hydrogen-bond donors (Lipinski definition) is 0. The molecule has 0 radical (unpaired) electrons. The van der Waals surface area contributed by atoms with E-state index >= 15 is 0 Å². The Hall–Kier alpha value is -2.70. The van der Waals surface area contributed by atoms with Gasteiger partial charge in [0.15, 0.2) is 20.4 Å². The van der Waals surface area contributed by atoms with Crippen LogP contribution >= 0.6 is 0 Å². The fourth-order valence-electron chi connectivity index (χ4n) is 4.89. The molecule has 8 heteroatoms. The summed E-state index contributed by atoms with van der Waals surface area (Å²) >= 11 is 0. The molecule has 0 amide bonds. The van der Waals surface area contributed by atoms with Crippen LogP contribution in [0.5, 0.6) is 0 Å². The SMILES string of the molecule is C[C@H](OC1CCCCO1)c1nccn1Cc1cc(-c2ccc(C#C[C@H]3C[C@@H](O[Si](C)(C)C(C)(C)C)C3)cc2)on1. The average molecular weight is 562 g/mol. The second kappa shape index (κ2) is 12.0. The van der Waals surface area contributed by atoms with Gasteiger partial charge in [-0.1, -0.05) is 37.8 Å². The number of rotatable bonds is 8.